The molecule has 5 heteroatoms. The average molecular weight is 307 g/mol. The molecule has 0 fully saturated rings. The fourth-order valence-electron chi connectivity index (χ4n) is 2.12. The van der Waals surface area contributed by atoms with Crippen LogP contribution in [-0.2, 0) is 11.2 Å². The van der Waals surface area contributed by atoms with Crippen LogP contribution in [0.1, 0.15) is 27.0 Å². The van der Waals surface area contributed by atoms with Gasteiger partial charge in [-0.25, -0.2) is 0 Å². The van der Waals surface area contributed by atoms with E-state index in [-0.39, 0.29) is 0 Å². The highest BCUT2D eigenvalue weighted by molar-refractivity contribution is 5.97. The molecule has 0 unspecified atom stereocenters. The highest BCUT2D eigenvalue weighted by atomic mass is 16.2. The number of nitrogens with zero attached hydrogens (tertiary/aromatic N) is 1. The number of aryl methyl sites for hydroxylation is 1. The van der Waals surface area contributed by atoms with Gasteiger partial charge in [0.2, 0.25) is 5.91 Å². The molecule has 23 heavy (non-hydrogen) atoms. The molecule has 0 aliphatic heterocycles. The summed E-state index contributed by atoms with van der Waals surface area (Å²) in [5, 5.41) is 11.4. The van der Waals surface area contributed by atoms with E-state index in [4.69, 9.17) is 11.0 Å². The summed E-state index contributed by atoms with van der Waals surface area (Å²) in [7, 11) is 0. The topological polar surface area (TPSA) is 96.0 Å². The van der Waals surface area contributed by atoms with Crippen molar-refractivity contribution in [3.8, 4) is 6.07 Å². The Labute approximate surface area is 134 Å². The fourth-order valence-corrected chi connectivity index (χ4v) is 2.12. The Kier molecular flexibility index (Phi) is 5.11. The van der Waals surface area contributed by atoms with Crippen LogP contribution in [-0.4, -0.2) is 17.9 Å². The third-order valence-electron chi connectivity index (χ3n) is 3.49. The third kappa shape index (κ3) is 4.42. The number of benzene rings is 2. The summed E-state index contributed by atoms with van der Waals surface area (Å²) in [6, 6.07) is 15.1. The quantitative estimate of drug-likeness (QED) is 0.879. The molecule has 2 amide bonds. The van der Waals surface area contributed by atoms with Gasteiger partial charge in [-0.3, -0.25) is 9.59 Å². The lowest BCUT2D eigenvalue weighted by Crippen LogP contribution is -2.45. The van der Waals surface area contributed by atoms with E-state index in [1.165, 1.54) is 12.1 Å². The molecular formula is C18H17N3O2. The summed E-state index contributed by atoms with van der Waals surface area (Å²) in [5.74, 6) is -0.988. The normalized spacial score (nSPS) is 11.3. The largest absolute Gasteiger partial charge is 0.368 e. The molecule has 2 aromatic carbocycles. The Hall–Kier alpha value is -3.13. The number of hydrogen-bond donors (Lipinski definition) is 2. The van der Waals surface area contributed by atoms with Gasteiger partial charge < -0.3 is 11.1 Å². The molecule has 0 heterocycles. The first-order chi connectivity index (χ1) is 11.0. The molecule has 2 aromatic rings. The number of nitrogens with two attached hydrogens (primary N) is 1. The molecule has 0 saturated heterocycles. The van der Waals surface area contributed by atoms with Gasteiger partial charge in [-0.1, -0.05) is 29.8 Å². The minimum absolute atomic E-state index is 0.331. The van der Waals surface area contributed by atoms with Gasteiger partial charge in [0, 0.05) is 12.0 Å². The molecule has 116 valence electrons. The minimum Gasteiger partial charge on any atom is -0.368 e. The van der Waals surface area contributed by atoms with E-state index < -0.39 is 17.9 Å². The zero-order chi connectivity index (χ0) is 16.8. The number of amides is 2. The van der Waals surface area contributed by atoms with Crippen LogP contribution in [0.2, 0.25) is 0 Å². The molecule has 0 aliphatic carbocycles. The van der Waals surface area contributed by atoms with Crippen LogP contribution in [0.3, 0.4) is 0 Å². The van der Waals surface area contributed by atoms with Gasteiger partial charge in [-0.2, -0.15) is 5.26 Å². The lowest BCUT2D eigenvalue weighted by molar-refractivity contribution is -0.119. The molecule has 2 rings (SSSR count). The number of carbonyl (C=O) groups excluding carboxylic acids is 2. The van der Waals surface area contributed by atoms with Crippen molar-refractivity contribution in [3.63, 3.8) is 0 Å². The van der Waals surface area contributed by atoms with Crippen LogP contribution in [0.25, 0.3) is 0 Å². The van der Waals surface area contributed by atoms with E-state index in [2.05, 4.69) is 5.32 Å². The lowest BCUT2D eigenvalue weighted by Gasteiger charge is -2.16. The number of nitriles is 1. The molecule has 5 nitrogen and oxygen atoms in total. The van der Waals surface area contributed by atoms with Crippen LogP contribution in [0.15, 0.2) is 48.5 Å². The zero-order valence-electron chi connectivity index (χ0n) is 12.7. The molecule has 0 spiro atoms. The standard InChI is InChI=1S/C18H17N3O2/c1-12-2-4-13(5-3-12)10-16(17(20)22)21-18(23)15-8-6-14(11-19)7-9-15/h2-9,16H,10H2,1H3,(H2,20,22)(H,21,23)/t16-/m0/s1. The SMILES string of the molecule is Cc1ccc(C[C@H](NC(=O)c2ccc(C#N)cc2)C(N)=O)cc1. The number of hydrogen-bond acceptors (Lipinski definition) is 3. The Balaban J connectivity index is 2.09. The van der Waals surface area contributed by atoms with Crippen molar-refractivity contribution in [3.05, 3.63) is 70.8 Å². The summed E-state index contributed by atoms with van der Waals surface area (Å²) in [4.78, 5) is 23.8. The van der Waals surface area contributed by atoms with Gasteiger partial charge >= 0.3 is 0 Å². The highest BCUT2D eigenvalue weighted by Gasteiger charge is 2.19. The van der Waals surface area contributed by atoms with Crippen molar-refractivity contribution < 1.29 is 9.59 Å². The second kappa shape index (κ2) is 7.23. The van der Waals surface area contributed by atoms with Gasteiger partial charge in [0.05, 0.1) is 11.6 Å². The fraction of sp³-hybridized carbons (Fsp3) is 0.167. The summed E-state index contributed by atoms with van der Waals surface area (Å²) in [6.07, 6.45) is 0.331. The number of carbonyl (C=O) groups is 2. The minimum atomic E-state index is -0.791. The van der Waals surface area contributed by atoms with Crippen LogP contribution in [0, 0.1) is 18.3 Å². The van der Waals surface area contributed by atoms with Crippen molar-refractivity contribution in [1.82, 2.24) is 5.32 Å². The molecule has 3 N–H and O–H groups in total. The molecule has 0 aliphatic rings. The van der Waals surface area contributed by atoms with Crippen molar-refractivity contribution >= 4 is 11.8 Å². The zero-order valence-corrected chi connectivity index (χ0v) is 12.7. The van der Waals surface area contributed by atoms with Crippen molar-refractivity contribution in [2.24, 2.45) is 5.73 Å². The Morgan fingerprint density at radius 3 is 2.26 bits per heavy atom. The predicted octanol–water partition coefficient (Wildman–Crippen LogP) is 1.69. The van der Waals surface area contributed by atoms with E-state index in [0.717, 1.165) is 11.1 Å². The van der Waals surface area contributed by atoms with Crippen LogP contribution >= 0.6 is 0 Å². The average Bonchev–Trinajstić information content (AvgIpc) is 2.56. The van der Waals surface area contributed by atoms with Crippen LogP contribution in [0.5, 0.6) is 0 Å². The van der Waals surface area contributed by atoms with Gasteiger partial charge in [0.1, 0.15) is 6.04 Å². The van der Waals surface area contributed by atoms with E-state index >= 15 is 0 Å². The van der Waals surface area contributed by atoms with Crippen molar-refractivity contribution in [2.75, 3.05) is 0 Å². The summed E-state index contributed by atoms with van der Waals surface area (Å²) >= 11 is 0. The monoisotopic (exact) mass is 307 g/mol. The Bertz CT molecular complexity index is 743. The Morgan fingerprint density at radius 1 is 1.13 bits per heavy atom. The summed E-state index contributed by atoms with van der Waals surface area (Å²) < 4.78 is 0. The smallest absolute Gasteiger partial charge is 0.251 e. The lowest BCUT2D eigenvalue weighted by atomic mass is 10.0. The number of primary amides is 1. The first-order valence-corrected chi connectivity index (χ1v) is 7.15. The maximum atomic E-state index is 12.2. The van der Waals surface area contributed by atoms with Crippen LogP contribution in [0.4, 0.5) is 0 Å². The maximum absolute atomic E-state index is 12.2. The molecular weight excluding hydrogens is 290 g/mol. The number of nitrogens with one attached hydrogen (secondary N) is 1. The van der Waals surface area contributed by atoms with E-state index in [9.17, 15) is 9.59 Å². The molecule has 0 radical (unpaired) electrons. The summed E-state index contributed by atoms with van der Waals surface area (Å²) in [6.45, 7) is 1.97. The van der Waals surface area contributed by atoms with Crippen molar-refractivity contribution in [1.29, 1.82) is 5.26 Å². The van der Waals surface area contributed by atoms with Gasteiger partial charge in [-0.05, 0) is 36.8 Å². The van der Waals surface area contributed by atoms with E-state index in [0.29, 0.717) is 17.5 Å². The van der Waals surface area contributed by atoms with Crippen molar-refractivity contribution in [2.45, 2.75) is 19.4 Å². The third-order valence-corrected chi connectivity index (χ3v) is 3.49. The number of rotatable bonds is 5. The second-order valence-corrected chi connectivity index (χ2v) is 5.31. The molecule has 0 aromatic heterocycles. The van der Waals surface area contributed by atoms with Gasteiger partial charge in [-0.15, -0.1) is 0 Å². The first-order valence-electron chi connectivity index (χ1n) is 7.15. The molecule has 1 atom stereocenters. The summed E-state index contributed by atoms with van der Waals surface area (Å²) in [5.41, 5.74) is 8.26. The second-order valence-electron chi connectivity index (χ2n) is 5.31. The van der Waals surface area contributed by atoms with Gasteiger partial charge in [0.15, 0.2) is 0 Å². The van der Waals surface area contributed by atoms with E-state index in [1.54, 1.807) is 12.1 Å². The maximum Gasteiger partial charge on any atom is 0.251 e. The Morgan fingerprint density at radius 2 is 1.74 bits per heavy atom. The molecule has 0 bridgehead atoms. The van der Waals surface area contributed by atoms with Crippen LogP contribution < -0.4 is 11.1 Å². The predicted molar refractivity (Wildman–Crippen MR) is 86.5 cm³/mol. The van der Waals surface area contributed by atoms with Gasteiger partial charge in [0.25, 0.3) is 5.91 Å². The molecule has 0 saturated carbocycles. The van der Waals surface area contributed by atoms with E-state index in [1.807, 2.05) is 37.3 Å². The highest BCUT2D eigenvalue weighted by Crippen LogP contribution is 2.08. The first kappa shape index (κ1) is 16.2.